The fourth-order valence-corrected chi connectivity index (χ4v) is 2.28. The lowest BCUT2D eigenvalue weighted by atomic mass is 10.1. The van der Waals surface area contributed by atoms with Crippen LogP contribution in [-0.2, 0) is 4.79 Å². The van der Waals surface area contributed by atoms with Crippen molar-refractivity contribution in [2.75, 3.05) is 18.9 Å². The number of aliphatic imine (C=N–C) groups is 1. The van der Waals surface area contributed by atoms with Crippen LogP contribution in [0.1, 0.15) is 32.8 Å². The summed E-state index contributed by atoms with van der Waals surface area (Å²) < 4.78 is 1.00. The Morgan fingerprint density at radius 3 is 2.48 bits per heavy atom. The summed E-state index contributed by atoms with van der Waals surface area (Å²) in [7, 11) is 1.71. The molecule has 1 aromatic rings. The fourth-order valence-electron chi connectivity index (χ4n) is 1.81. The Bertz CT molecular complexity index is 556. The van der Waals surface area contributed by atoms with Gasteiger partial charge in [-0.3, -0.25) is 9.79 Å². The first-order valence-corrected chi connectivity index (χ1v) is 8.05. The molecule has 0 radical (unpaired) electrons. The van der Waals surface area contributed by atoms with Gasteiger partial charge in [0.05, 0.1) is 0 Å². The Labute approximate surface area is 164 Å². The van der Waals surface area contributed by atoms with Gasteiger partial charge in [-0.05, 0) is 51.5 Å². The van der Waals surface area contributed by atoms with E-state index < -0.39 is 0 Å². The van der Waals surface area contributed by atoms with Gasteiger partial charge in [-0.1, -0.05) is 15.9 Å². The van der Waals surface area contributed by atoms with Crippen LogP contribution in [-0.4, -0.2) is 31.0 Å². The van der Waals surface area contributed by atoms with Crippen molar-refractivity contribution in [1.29, 1.82) is 0 Å². The second kappa shape index (κ2) is 10.1. The maximum absolute atomic E-state index is 12.0. The van der Waals surface area contributed by atoms with Crippen molar-refractivity contribution in [2.45, 2.75) is 39.7 Å². The third kappa shape index (κ3) is 9.14. The van der Waals surface area contributed by atoms with Crippen molar-refractivity contribution in [2.24, 2.45) is 4.99 Å². The van der Waals surface area contributed by atoms with E-state index in [1.165, 1.54) is 0 Å². The lowest BCUT2D eigenvalue weighted by Gasteiger charge is -2.23. The molecule has 0 atom stereocenters. The number of hydrogen-bond donors (Lipinski definition) is 3. The smallest absolute Gasteiger partial charge is 0.226 e. The van der Waals surface area contributed by atoms with Crippen molar-refractivity contribution >= 4 is 57.5 Å². The molecule has 1 amide bonds. The van der Waals surface area contributed by atoms with Crippen LogP contribution in [0.2, 0.25) is 0 Å². The molecule has 3 N–H and O–H groups in total. The van der Waals surface area contributed by atoms with E-state index in [-0.39, 0.29) is 35.4 Å². The quantitative estimate of drug-likeness (QED) is 0.338. The van der Waals surface area contributed by atoms with Gasteiger partial charge >= 0.3 is 0 Å². The predicted molar refractivity (Wildman–Crippen MR) is 112 cm³/mol. The van der Waals surface area contributed by atoms with Crippen LogP contribution in [0, 0.1) is 6.92 Å². The minimum absolute atomic E-state index is 0. The number of hydrogen-bond acceptors (Lipinski definition) is 2. The van der Waals surface area contributed by atoms with Gasteiger partial charge in [0.25, 0.3) is 0 Å². The van der Waals surface area contributed by atoms with E-state index in [1.807, 2.05) is 25.1 Å². The first kappa shape index (κ1) is 22.2. The van der Waals surface area contributed by atoms with Crippen LogP contribution in [0.25, 0.3) is 0 Å². The minimum Gasteiger partial charge on any atom is -0.356 e. The van der Waals surface area contributed by atoms with Crippen LogP contribution < -0.4 is 16.0 Å². The molecule has 1 aromatic carbocycles. The number of benzene rings is 1. The number of anilines is 1. The standard InChI is InChI=1S/C16H25BrN4O.HI/c1-11-10-12(17)6-7-13(11)20-14(22)8-9-19-15(18-5)21-16(2,3)4;/h6-7,10H,8-9H2,1-5H3,(H,20,22)(H2,18,19,21);1H. The average molecular weight is 497 g/mol. The fraction of sp³-hybridized carbons (Fsp3) is 0.500. The second-order valence-corrected chi connectivity index (χ2v) is 7.05. The summed E-state index contributed by atoms with van der Waals surface area (Å²) in [5, 5.41) is 9.30. The molecule has 130 valence electrons. The molecular weight excluding hydrogens is 471 g/mol. The highest BCUT2D eigenvalue weighted by atomic mass is 127. The number of carbonyl (C=O) groups excluding carboxylic acids is 1. The van der Waals surface area contributed by atoms with Crippen LogP contribution in [0.15, 0.2) is 27.7 Å². The van der Waals surface area contributed by atoms with E-state index >= 15 is 0 Å². The van der Waals surface area contributed by atoms with Crippen molar-refractivity contribution in [3.63, 3.8) is 0 Å². The Morgan fingerprint density at radius 1 is 1.30 bits per heavy atom. The molecule has 0 saturated heterocycles. The summed E-state index contributed by atoms with van der Waals surface area (Å²) in [4.78, 5) is 16.1. The normalized spacial score (nSPS) is 11.5. The van der Waals surface area contributed by atoms with Gasteiger partial charge in [0, 0.05) is 35.7 Å². The van der Waals surface area contributed by atoms with Gasteiger partial charge in [-0.2, -0.15) is 0 Å². The molecule has 0 heterocycles. The van der Waals surface area contributed by atoms with Gasteiger partial charge < -0.3 is 16.0 Å². The molecule has 23 heavy (non-hydrogen) atoms. The Balaban J connectivity index is 0.00000484. The maximum Gasteiger partial charge on any atom is 0.226 e. The Kier molecular flexibility index (Phi) is 9.76. The molecule has 0 aromatic heterocycles. The monoisotopic (exact) mass is 496 g/mol. The molecule has 0 aliphatic rings. The van der Waals surface area contributed by atoms with Crippen LogP contribution in [0.4, 0.5) is 5.69 Å². The number of carbonyl (C=O) groups is 1. The molecule has 0 saturated carbocycles. The number of aryl methyl sites for hydroxylation is 1. The zero-order chi connectivity index (χ0) is 16.8. The summed E-state index contributed by atoms with van der Waals surface area (Å²) in [5.41, 5.74) is 1.80. The first-order chi connectivity index (χ1) is 10.2. The van der Waals surface area contributed by atoms with Crippen molar-refractivity contribution < 1.29 is 4.79 Å². The van der Waals surface area contributed by atoms with Gasteiger partial charge in [0.15, 0.2) is 5.96 Å². The number of amides is 1. The summed E-state index contributed by atoms with van der Waals surface area (Å²) >= 11 is 3.41. The van der Waals surface area contributed by atoms with Gasteiger partial charge in [-0.25, -0.2) is 0 Å². The SMILES string of the molecule is CN=C(NCCC(=O)Nc1ccc(Br)cc1C)NC(C)(C)C.I. The van der Waals surface area contributed by atoms with E-state index in [0.717, 1.165) is 15.7 Å². The van der Waals surface area contributed by atoms with Crippen molar-refractivity contribution in [3.05, 3.63) is 28.2 Å². The summed E-state index contributed by atoms with van der Waals surface area (Å²) in [6.07, 6.45) is 0.375. The summed E-state index contributed by atoms with van der Waals surface area (Å²) in [5.74, 6) is 0.671. The molecule has 1 rings (SSSR count). The molecule has 0 bridgehead atoms. The lowest BCUT2D eigenvalue weighted by molar-refractivity contribution is -0.116. The Morgan fingerprint density at radius 2 is 1.96 bits per heavy atom. The number of halogens is 2. The zero-order valence-electron chi connectivity index (χ0n) is 14.3. The second-order valence-electron chi connectivity index (χ2n) is 6.13. The molecule has 0 unspecified atom stereocenters. The molecular formula is C16H26BrIN4O. The maximum atomic E-state index is 12.0. The molecule has 7 heteroatoms. The molecule has 5 nitrogen and oxygen atoms in total. The predicted octanol–water partition coefficient (Wildman–Crippen LogP) is 3.67. The lowest BCUT2D eigenvalue weighted by Crippen LogP contribution is -2.48. The highest BCUT2D eigenvalue weighted by molar-refractivity contribution is 14.0. The van der Waals surface area contributed by atoms with Gasteiger partial charge in [0.1, 0.15) is 0 Å². The number of guanidine groups is 1. The topological polar surface area (TPSA) is 65.5 Å². The van der Waals surface area contributed by atoms with E-state index in [1.54, 1.807) is 7.05 Å². The number of nitrogens with one attached hydrogen (secondary N) is 3. The summed E-state index contributed by atoms with van der Waals surface area (Å²) in [6, 6.07) is 5.78. The van der Waals surface area contributed by atoms with E-state index in [0.29, 0.717) is 18.9 Å². The van der Waals surface area contributed by atoms with Crippen LogP contribution in [0.3, 0.4) is 0 Å². The van der Waals surface area contributed by atoms with Crippen LogP contribution >= 0.6 is 39.9 Å². The highest BCUT2D eigenvalue weighted by Gasteiger charge is 2.12. The van der Waals surface area contributed by atoms with E-state index in [4.69, 9.17) is 0 Å². The van der Waals surface area contributed by atoms with Crippen LogP contribution in [0.5, 0.6) is 0 Å². The largest absolute Gasteiger partial charge is 0.356 e. The molecule has 0 aliphatic heterocycles. The molecule has 0 fully saturated rings. The molecule has 0 aliphatic carbocycles. The van der Waals surface area contributed by atoms with Crippen molar-refractivity contribution in [1.82, 2.24) is 10.6 Å². The van der Waals surface area contributed by atoms with Gasteiger partial charge in [-0.15, -0.1) is 24.0 Å². The van der Waals surface area contributed by atoms with E-state index in [9.17, 15) is 4.79 Å². The summed E-state index contributed by atoms with van der Waals surface area (Å²) in [6.45, 7) is 8.67. The van der Waals surface area contributed by atoms with Crippen molar-refractivity contribution in [3.8, 4) is 0 Å². The van der Waals surface area contributed by atoms with E-state index in [2.05, 4.69) is 57.6 Å². The zero-order valence-corrected chi connectivity index (χ0v) is 18.2. The third-order valence-electron chi connectivity index (χ3n) is 2.82. The average Bonchev–Trinajstić information content (AvgIpc) is 2.39. The number of rotatable bonds is 4. The Hall–Kier alpha value is -0.830. The number of nitrogens with zero attached hydrogens (tertiary/aromatic N) is 1. The van der Waals surface area contributed by atoms with Gasteiger partial charge in [0.2, 0.25) is 5.91 Å². The minimum atomic E-state index is -0.0708. The molecule has 0 spiro atoms. The third-order valence-corrected chi connectivity index (χ3v) is 3.32. The highest BCUT2D eigenvalue weighted by Crippen LogP contribution is 2.19. The first-order valence-electron chi connectivity index (χ1n) is 7.26.